The lowest BCUT2D eigenvalue weighted by molar-refractivity contribution is -0.124. The van der Waals surface area contributed by atoms with Crippen molar-refractivity contribution in [2.45, 2.75) is 6.04 Å². The molecule has 2 heterocycles. The molecule has 4 nitrogen and oxygen atoms in total. The molecule has 2 aromatic carbocycles. The van der Waals surface area contributed by atoms with Crippen LogP contribution in [0, 0.1) is 0 Å². The van der Waals surface area contributed by atoms with E-state index in [2.05, 4.69) is 5.10 Å². The summed E-state index contributed by atoms with van der Waals surface area (Å²) in [5.41, 5.74) is 2.88. The SMILES string of the molecule is O=C1CSC2=N[C@@H](c3ccccc3)C(c3ccccc3)=NN12. The molecule has 2 aliphatic rings. The number of aliphatic imine (C=N–C) groups is 1. The molecule has 1 saturated heterocycles. The number of rotatable bonds is 2. The van der Waals surface area contributed by atoms with E-state index in [-0.39, 0.29) is 11.9 Å². The second kappa shape index (κ2) is 5.42. The predicted molar refractivity (Wildman–Crippen MR) is 88.9 cm³/mol. The Morgan fingerprint density at radius 2 is 1.68 bits per heavy atom. The maximum absolute atomic E-state index is 11.9. The summed E-state index contributed by atoms with van der Waals surface area (Å²) in [6.45, 7) is 0. The van der Waals surface area contributed by atoms with Crippen LogP contribution in [0.5, 0.6) is 0 Å². The van der Waals surface area contributed by atoms with Gasteiger partial charge in [-0.05, 0) is 5.56 Å². The molecule has 2 aromatic rings. The Morgan fingerprint density at radius 3 is 2.41 bits per heavy atom. The second-order valence-corrected chi connectivity index (χ2v) is 6.01. The van der Waals surface area contributed by atoms with Crippen molar-refractivity contribution in [3.05, 3.63) is 71.8 Å². The highest BCUT2D eigenvalue weighted by atomic mass is 32.2. The van der Waals surface area contributed by atoms with Crippen LogP contribution in [0.1, 0.15) is 17.2 Å². The van der Waals surface area contributed by atoms with Gasteiger partial charge >= 0.3 is 0 Å². The van der Waals surface area contributed by atoms with Crippen LogP contribution in [0.3, 0.4) is 0 Å². The van der Waals surface area contributed by atoms with Gasteiger partial charge in [0.2, 0.25) is 0 Å². The normalized spacial score (nSPS) is 20.5. The van der Waals surface area contributed by atoms with Crippen LogP contribution >= 0.6 is 11.8 Å². The van der Waals surface area contributed by atoms with E-state index in [4.69, 9.17) is 4.99 Å². The average molecular weight is 307 g/mol. The molecular formula is C17H13N3OS. The van der Waals surface area contributed by atoms with Crippen LogP contribution in [0.2, 0.25) is 0 Å². The third-order valence-electron chi connectivity index (χ3n) is 3.63. The summed E-state index contributed by atoms with van der Waals surface area (Å²) in [5.74, 6) is 0.398. The molecule has 0 aromatic heterocycles. The Bertz CT molecular complexity index is 771. The molecular weight excluding hydrogens is 294 g/mol. The lowest BCUT2D eigenvalue weighted by Gasteiger charge is -2.24. The largest absolute Gasteiger partial charge is 0.271 e. The number of hydrogen-bond donors (Lipinski definition) is 0. The molecule has 0 spiro atoms. The minimum absolute atomic E-state index is 0.0105. The van der Waals surface area contributed by atoms with Crippen molar-refractivity contribution in [2.24, 2.45) is 10.1 Å². The van der Waals surface area contributed by atoms with Gasteiger partial charge in [-0.25, -0.2) is 4.99 Å². The molecule has 0 unspecified atom stereocenters. The van der Waals surface area contributed by atoms with Gasteiger partial charge in [0.15, 0.2) is 5.17 Å². The molecule has 0 bridgehead atoms. The van der Waals surface area contributed by atoms with Crippen molar-refractivity contribution in [3.8, 4) is 0 Å². The maximum atomic E-state index is 11.9. The van der Waals surface area contributed by atoms with Gasteiger partial charge in [-0.3, -0.25) is 4.79 Å². The predicted octanol–water partition coefficient (Wildman–Crippen LogP) is 3.08. The minimum Gasteiger partial charge on any atom is -0.271 e. The zero-order chi connectivity index (χ0) is 14.9. The zero-order valence-corrected chi connectivity index (χ0v) is 12.5. The van der Waals surface area contributed by atoms with Crippen molar-refractivity contribution in [1.82, 2.24) is 5.01 Å². The monoisotopic (exact) mass is 307 g/mol. The van der Waals surface area contributed by atoms with Gasteiger partial charge in [-0.15, -0.1) is 0 Å². The first-order valence-corrected chi connectivity index (χ1v) is 8.04. The van der Waals surface area contributed by atoms with Crippen molar-refractivity contribution in [3.63, 3.8) is 0 Å². The lowest BCUT2D eigenvalue weighted by atomic mass is 9.97. The Hall–Kier alpha value is -2.40. The molecule has 0 aliphatic carbocycles. The van der Waals surface area contributed by atoms with Crippen LogP contribution in [-0.4, -0.2) is 27.5 Å². The Labute approximate surface area is 132 Å². The van der Waals surface area contributed by atoms with Crippen LogP contribution in [0.4, 0.5) is 0 Å². The number of amidine groups is 1. The van der Waals surface area contributed by atoms with Crippen LogP contribution < -0.4 is 0 Å². The quantitative estimate of drug-likeness (QED) is 0.856. The van der Waals surface area contributed by atoms with E-state index in [1.54, 1.807) is 0 Å². The maximum Gasteiger partial charge on any atom is 0.259 e. The molecule has 4 rings (SSSR count). The van der Waals surface area contributed by atoms with Gasteiger partial charge in [-0.1, -0.05) is 72.4 Å². The number of benzene rings is 2. The molecule has 0 radical (unpaired) electrons. The summed E-state index contributed by atoms with van der Waals surface area (Å²) in [4.78, 5) is 16.7. The van der Waals surface area contributed by atoms with E-state index in [9.17, 15) is 4.79 Å². The first-order chi connectivity index (χ1) is 10.8. The van der Waals surface area contributed by atoms with E-state index in [1.165, 1.54) is 16.8 Å². The second-order valence-electron chi connectivity index (χ2n) is 5.07. The third kappa shape index (κ3) is 2.23. The summed E-state index contributed by atoms with van der Waals surface area (Å²) in [6, 6.07) is 19.8. The first-order valence-electron chi connectivity index (χ1n) is 7.05. The highest BCUT2D eigenvalue weighted by Crippen LogP contribution is 2.32. The van der Waals surface area contributed by atoms with E-state index in [0.29, 0.717) is 10.9 Å². The average Bonchev–Trinajstić information content (AvgIpc) is 2.96. The van der Waals surface area contributed by atoms with E-state index >= 15 is 0 Å². The van der Waals surface area contributed by atoms with Gasteiger partial charge in [0.25, 0.3) is 5.91 Å². The van der Waals surface area contributed by atoms with Gasteiger partial charge in [0.05, 0.1) is 11.5 Å². The van der Waals surface area contributed by atoms with E-state index in [1.807, 2.05) is 60.7 Å². The number of thioether (sulfide) groups is 1. The summed E-state index contributed by atoms with van der Waals surface area (Å²) >= 11 is 1.45. The molecule has 22 heavy (non-hydrogen) atoms. The topological polar surface area (TPSA) is 45.0 Å². The Kier molecular flexibility index (Phi) is 3.27. The van der Waals surface area contributed by atoms with E-state index in [0.717, 1.165) is 16.8 Å². The number of nitrogens with zero attached hydrogens (tertiary/aromatic N) is 3. The zero-order valence-electron chi connectivity index (χ0n) is 11.7. The summed E-state index contributed by atoms with van der Waals surface area (Å²) in [6.07, 6.45) is 0. The molecule has 1 fully saturated rings. The van der Waals surface area contributed by atoms with Crippen molar-refractivity contribution >= 4 is 28.5 Å². The summed E-state index contributed by atoms with van der Waals surface area (Å²) < 4.78 is 0. The molecule has 0 saturated carbocycles. The van der Waals surface area contributed by atoms with Crippen LogP contribution in [0.15, 0.2) is 70.8 Å². The molecule has 5 heteroatoms. The fourth-order valence-corrected chi connectivity index (χ4v) is 3.39. The molecule has 1 amide bonds. The van der Waals surface area contributed by atoms with Gasteiger partial charge in [0, 0.05) is 5.56 Å². The lowest BCUT2D eigenvalue weighted by Crippen LogP contribution is -2.32. The fraction of sp³-hybridized carbons (Fsp3) is 0.118. The number of amides is 1. The minimum atomic E-state index is -0.173. The highest BCUT2D eigenvalue weighted by Gasteiger charge is 2.35. The summed E-state index contributed by atoms with van der Waals surface area (Å²) in [7, 11) is 0. The number of carbonyl (C=O) groups is 1. The van der Waals surface area contributed by atoms with Crippen molar-refractivity contribution in [2.75, 3.05) is 5.75 Å². The molecule has 0 N–H and O–H groups in total. The van der Waals surface area contributed by atoms with Gasteiger partial charge in [-0.2, -0.15) is 10.1 Å². The first kappa shape index (κ1) is 13.3. The van der Waals surface area contributed by atoms with Crippen LogP contribution in [0.25, 0.3) is 0 Å². The van der Waals surface area contributed by atoms with Gasteiger partial charge in [0.1, 0.15) is 6.04 Å². The third-order valence-corrected chi connectivity index (χ3v) is 4.56. The molecule has 2 aliphatic heterocycles. The molecule has 1 atom stereocenters. The van der Waals surface area contributed by atoms with Crippen LogP contribution in [-0.2, 0) is 4.79 Å². The number of fused-ring (bicyclic) bond motifs is 1. The fourth-order valence-electron chi connectivity index (χ4n) is 2.57. The Balaban J connectivity index is 1.84. The number of hydrazone groups is 1. The number of carbonyl (C=O) groups excluding carboxylic acids is 1. The summed E-state index contributed by atoms with van der Waals surface area (Å²) in [5, 5.41) is 6.73. The Morgan fingerprint density at radius 1 is 1.00 bits per heavy atom. The van der Waals surface area contributed by atoms with Crippen molar-refractivity contribution in [1.29, 1.82) is 0 Å². The molecule has 108 valence electrons. The van der Waals surface area contributed by atoms with E-state index < -0.39 is 0 Å². The standard InChI is InChI=1S/C17H13N3OS/c21-14-11-22-17-18-15(12-7-3-1-4-8-12)16(19-20(14)17)13-9-5-2-6-10-13/h1-10,15H,11H2/t15-/m0/s1. The number of hydrogen-bond acceptors (Lipinski definition) is 4. The smallest absolute Gasteiger partial charge is 0.259 e. The van der Waals surface area contributed by atoms with Crippen molar-refractivity contribution < 1.29 is 4.79 Å². The van der Waals surface area contributed by atoms with Gasteiger partial charge < -0.3 is 0 Å². The highest BCUT2D eigenvalue weighted by molar-refractivity contribution is 8.15.